The van der Waals surface area contributed by atoms with Crippen molar-refractivity contribution in [1.29, 1.82) is 0 Å². The Morgan fingerprint density at radius 2 is 0.927 bits per heavy atom. The number of hydrogen-bond donors (Lipinski definition) is 5. The monoisotopic (exact) mass is 1360 g/mol. The molecule has 27 heteroatoms. The molecule has 2 unspecified atom stereocenters. The number of methoxy groups -OCH3 is 1. The van der Waals surface area contributed by atoms with Gasteiger partial charge in [-0.1, -0.05) is 109 Å². The Hall–Kier alpha value is -7.35. The molecule has 0 saturated heterocycles. The van der Waals surface area contributed by atoms with Gasteiger partial charge in [0.1, 0.15) is 78.7 Å². The average molecular weight is 1360 g/mol. The molecule has 0 radical (unpaired) electrons. The molecule has 0 aliphatic heterocycles. The van der Waals surface area contributed by atoms with E-state index in [1.54, 1.807) is 75.3 Å². The number of amides is 11. The lowest BCUT2D eigenvalue weighted by molar-refractivity contribution is -0.164. The Bertz CT molecular complexity index is 2660. The first-order valence-corrected chi connectivity index (χ1v) is 33.8. The molecule has 96 heavy (non-hydrogen) atoms. The van der Waals surface area contributed by atoms with Gasteiger partial charge in [0.15, 0.2) is 0 Å². The molecule has 550 valence electrons. The van der Waals surface area contributed by atoms with Gasteiger partial charge in [0, 0.05) is 49.2 Å². The van der Waals surface area contributed by atoms with Gasteiger partial charge >= 0.3 is 18.0 Å². The molecule has 0 aliphatic carbocycles. The maximum atomic E-state index is 15.3. The summed E-state index contributed by atoms with van der Waals surface area (Å²) in [6.45, 7) is 35.6. The van der Waals surface area contributed by atoms with Crippen LogP contribution in [-0.2, 0) is 71.7 Å². The SMILES string of the molecule is C/C=C/C[C@@H](C)[C@@H](OC(C)=O)[C@@H](C(=O)N[C@@H](CC)C(=O)N(C)CC(=O)OC)N(C)C(=O)[C@@H](C(C)C)N(C)C(=O)[C@H](CC(C)C)N(C)C(=O)[C@@H](CC(C)C)N(C)C(=O)C(C)NC(=O)C(C)NC(=O)[C@@H](CC(C)C)N(C)C(=O)[C@H](NC(=O)[C@H](CC(C)C)NC(=O)OC(C)(C)C)C(C)C. The highest BCUT2D eigenvalue weighted by Crippen LogP contribution is 2.27. The third-order valence-corrected chi connectivity index (χ3v) is 16.4. The third-order valence-electron chi connectivity index (χ3n) is 16.4. The summed E-state index contributed by atoms with van der Waals surface area (Å²) < 4.78 is 16.0. The molecule has 0 fully saturated rings. The summed E-state index contributed by atoms with van der Waals surface area (Å²) in [5.74, 6) is -10.5. The Labute approximate surface area is 573 Å². The summed E-state index contributed by atoms with van der Waals surface area (Å²) in [7, 11) is 9.59. The lowest BCUT2D eigenvalue weighted by atomic mass is 9.91. The quantitative estimate of drug-likeness (QED) is 0.0306. The zero-order valence-corrected chi connectivity index (χ0v) is 63.2. The lowest BCUT2D eigenvalue weighted by Gasteiger charge is -2.42. The van der Waals surface area contributed by atoms with Crippen molar-refractivity contribution in [3.63, 3.8) is 0 Å². The Morgan fingerprint density at radius 3 is 1.36 bits per heavy atom. The van der Waals surface area contributed by atoms with Crippen LogP contribution in [0.3, 0.4) is 0 Å². The smallest absolute Gasteiger partial charge is 0.408 e. The summed E-state index contributed by atoms with van der Waals surface area (Å²) in [5, 5.41) is 13.5. The molecule has 0 rings (SSSR count). The topological polar surface area (TPSA) is 329 Å². The van der Waals surface area contributed by atoms with Crippen LogP contribution in [0.4, 0.5) is 4.79 Å². The van der Waals surface area contributed by atoms with E-state index in [0.29, 0.717) is 6.42 Å². The van der Waals surface area contributed by atoms with Crippen molar-refractivity contribution >= 4 is 77.1 Å². The van der Waals surface area contributed by atoms with Crippen molar-refractivity contribution < 1.29 is 76.5 Å². The van der Waals surface area contributed by atoms with E-state index in [4.69, 9.17) is 14.2 Å². The highest BCUT2D eigenvalue weighted by atomic mass is 16.6. The largest absolute Gasteiger partial charge is 0.468 e. The fraction of sp³-hybridized carbons (Fsp3) is 0.783. The van der Waals surface area contributed by atoms with E-state index in [-0.39, 0.29) is 55.8 Å². The summed E-state index contributed by atoms with van der Waals surface area (Å²) in [6, 6.07) is -12.3. The zero-order chi connectivity index (χ0) is 74.9. The fourth-order valence-corrected chi connectivity index (χ4v) is 11.1. The predicted molar refractivity (Wildman–Crippen MR) is 367 cm³/mol. The van der Waals surface area contributed by atoms with E-state index >= 15 is 14.4 Å². The fourth-order valence-electron chi connectivity index (χ4n) is 11.1. The van der Waals surface area contributed by atoms with Gasteiger partial charge in [-0.25, -0.2) is 4.79 Å². The molecule has 5 N–H and O–H groups in total. The summed E-state index contributed by atoms with van der Waals surface area (Å²) in [4.78, 5) is 190. The highest BCUT2D eigenvalue weighted by molar-refractivity contribution is 5.99. The number of carbonyl (C=O) groups is 13. The summed E-state index contributed by atoms with van der Waals surface area (Å²) in [6.07, 6.45) is 2.50. The van der Waals surface area contributed by atoms with Crippen molar-refractivity contribution in [1.82, 2.24) is 56.0 Å². The van der Waals surface area contributed by atoms with E-state index in [0.717, 1.165) is 9.80 Å². The third kappa shape index (κ3) is 28.4. The van der Waals surface area contributed by atoms with Gasteiger partial charge in [0.05, 0.1) is 7.11 Å². The van der Waals surface area contributed by atoms with Crippen LogP contribution in [0.5, 0.6) is 0 Å². The minimum absolute atomic E-state index is 0.0308. The number of allylic oxidation sites excluding steroid dienone is 2. The number of nitrogens with zero attached hydrogens (tertiary/aromatic N) is 6. The lowest BCUT2D eigenvalue weighted by Crippen LogP contribution is -2.64. The first-order chi connectivity index (χ1) is 44.1. The van der Waals surface area contributed by atoms with Gasteiger partial charge in [0.25, 0.3) is 0 Å². The molecular weight excluding hydrogens is 1240 g/mol. The van der Waals surface area contributed by atoms with Crippen LogP contribution in [0.1, 0.15) is 184 Å². The number of likely N-dealkylation sites (N-methyl/N-ethyl adjacent to an activating group) is 6. The van der Waals surface area contributed by atoms with Crippen molar-refractivity contribution in [2.45, 2.75) is 256 Å². The molecule has 0 aromatic rings. The first-order valence-electron chi connectivity index (χ1n) is 33.8. The van der Waals surface area contributed by atoms with E-state index in [9.17, 15) is 47.9 Å². The summed E-state index contributed by atoms with van der Waals surface area (Å²) in [5.41, 5.74) is -0.835. The van der Waals surface area contributed by atoms with E-state index < -0.39 is 174 Å². The second kappa shape index (κ2) is 41.0. The minimum Gasteiger partial charge on any atom is -0.468 e. The number of nitrogens with one attached hydrogen (secondary N) is 5. The average Bonchev–Trinajstić information content (AvgIpc) is 0.800. The number of alkyl carbamates (subject to hydrolysis) is 1. The first kappa shape index (κ1) is 88.6. The molecule has 0 aromatic carbocycles. The molecule has 0 spiro atoms. The molecule has 0 bridgehead atoms. The van der Waals surface area contributed by atoms with Gasteiger partial charge in [-0.3, -0.25) is 57.5 Å². The zero-order valence-electron chi connectivity index (χ0n) is 63.2. The van der Waals surface area contributed by atoms with Crippen LogP contribution in [0, 0.1) is 41.4 Å². The second-order valence-electron chi connectivity index (χ2n) is 28.9. The minimum atomic E-state index is -1.57. The predicted octanol–water partition coefficient (Wildman–Crippen LogP) is 5.07. The molecule has 0 aliphatic rings. The van der Waals surface area contributed by atoms with Crippen molar-refractivity contribution in [2.75, 3.05) is 55.9 Å². The highest BCUT2D eigenvalue weighted by Gasteiger charge is 2.47. The molecule has 12 atom stereocenters. The van der Waals surface area contributed by atoms with Crippen LogP contribution in [0.15, 0.2) is 12.2 Å². The van der Waals surface area contributed by atoms with Gasteiger partial charge < -0.3 is 70.2 Å². The van der Waals surface area contributed by atoms with Gasteiger partial charge in [-0.05, 0) is 121 Å². The normalized spacial score (nSPS) is 15.5. The van der Waals surface area contributed by atoms with Gasteiger partial charge in [-0.15, -0.1) is 0 Å². The molecule has 0 heterocycles. The van der Waals surface area contributed by atoms with Crippen molar-refractivity contribution in [3.8, 4) is 0 Å². The van der Waals surface area contributed by atoms with Gasteiger partial charge in [-0.2, -0.15) is 0 Å². The number of hydrogen-bond acceptors (Lipinski definition) is 16. The number of esters is 2. The number of carbonyl (C=O) groups excluding carboxylic acids is 13. The van der Waals surface area contributed by atoms with Crippen LogP contribution in [-0.4, -0.2) is 235 Å². The Balaban J connectivity index is 7.17. The van der Waals surface area contributed by atoms with Crippen LogP contribution in [0.2, 0.25) is 0 Å². The second-order valence-corrected chi connectivity index (χ2v) is 28.9. The maximum absolute atomic E-state index is 15.3. The van der Waals surface area contributed by atoms with Crippen molar-refractivity contribution in [2.24, 2.45) is 41.4 Å². The molecule has 11 amide bonds. The van der Waals surface area contributed by atoms with Gasteiger partial charge in [0.2, 0.25) is 59.1 Å². The van der Waals surface area contributed by atoms with E-state index in [1.807, 2.05) is 61.5 Å². The van der Waals surface area contributed by atoms with Crippen LogP contribution in [0.25, 0.3) is 0 Å². The Morgan fingerprint density at radius 1 is 0.469 bits per heavy atom. The number of rotatable bonds is 38. The molecule has 27 nitrogen and oxygen atoms in total. The van der Waals surface area contributed by atoms with E-state index in [1.165, 1.54) is 89.8 Å². The summed E-state index contributed by atoms with van der Waals surface area (Å²) >= 11 is 0. The Kier molecular flexibility index (Phi) is 37.9. The maximum Gasteiger partial charge on any atom is 0.408 e. The molecule has 0 saturated carbocycles. The standard InChI is InChI=1S/C69H123N11O16/c1-29-31-32-44(15)57(95-47(18)81)56(61(86)72-48(30-2)63(88)75(22)37-53(82)94-28)80(27)67(92)55(43(13)14)79(26)65(90)52(36-41(9)10)78(25)64(89)51(35-40(7)8)77(24)62(87)46(17)71-58(83)45(16)70-60(85)50(34-39(5)6)76(23)66(91)54(42(11)12)74-59(84)49(33-38(3)4)73-68(93)96-69(19,20)21/h29,31,38-46,48-52,54-57H,30,32-37H2,1-28H3,(H,70,85)(H,71,83)(H,72,86)(H,73,93)(H,74,84)/b31-29+/t44-,45?,46?,48+,49+,50-,51-,52+,54-,55-,56+,57-/m1/s1. The van der Waals surface area contributed by atoms with E-state index in [2.05, 4.69) is 26.6 Å². The number of ether oxygens (including phenoxy) is 3. The van der Waals surface area contributed by atoms with Crippen LogP contribution < -0.4 is 26.6 Å². The molecule has 0 aromatic heterocycles. The van der Waals surface area contributed by atoms with Crippen molar-refractivity contribution in [3.05, 3.63) is 12.2 Å². The molecular formula is C69H123N11O16. The van der Waals surface area contributed by atoms with Crippen LogP contribution >= 0.6 is 0 Å².